The summed E-state index contributed by atoms with van der Waals surface area (Å²) in [5.74, 6) is -1.56. The summed E-state index contributed by atoms with van der Waals surface area (Å²) in [7, 11) is -3.69. The van der Waals surface area contributed by atoms with Crippen LogP contribution in [0.5, 0.6) is 0 Å². The summed E-state index contributed by atoms with van der Waals surface area (Å²) in [6, 6.07) is 11.4. The van der Waals surface area contributed by atoms with Gasteiger partial charge in [0.2, 0.25) is 5.91 Å². The zero-order chi connectivity index (χ0) is 15.9. The van der Waals surface area contributed by atoms with Gasteiger partial charge in [0, 0.05) is 10.7 Å². The predicted octanol–water partition coefficient (Wildman–Crippen LogP) is 2.94. The molecule has 2 aromatic carbocycles. The Labute approximate surface area is 132 Å². The van der Waals surface area contributed by atoms with Crippen LogP contribution in [0, 0.1) is 5.82 Å². The fourth-order valence-electron chi connectivity index (χ4n) is 2.48. The van der Waals surface area contributed by atoms with Crippen LogP contribution in [0.4, 0.5) is 10.1 Å². The van der Waals surface area contributed by atoms with Gasteiger partial charge in [0.15, 0.2) is 15.2 Å². The van der Waals surface area contributed by atoms with Gasteiger partial charge in [-0.05, 0) is 42.0 Å². The van der Waals surface area contributed by atoms with E-state index < -0.39 is 32.7 Å². The zero-order valence-corrected chi connectivity index (χ0v) is 12.8. The summed E-state index contributed by atoms with van der Waals surface area (Å²) in [5, 5.41) is -0.668. The molecule has 0 unspecified atom stereocenters. The first-order valence-electron chi connectivity index (χ1n) is 6.43. The number of anilines is 1. The molecule has 22 heavy (non-hydrogen) atoms. The highest BCUT2D eigenvalue weighted by molar-refractivity contribution is 7.93. The van der Waals surface area contributed by atoms with E-state index in [1.54, 1.807) is 24.3 Å². The van der Waals surface area contributed by atoms with Crippen LogP contribution in [0.15, 0.2) is 48.5 Å². The molecule has 7 heteroatoms. The van der Waals surface area contributed by atoms with Gasteiger partial charge in [-0.25, -0.2) is 12.8 Å². The summed E-state index contributed by atoms with van der Waals surface area (Å²) in [6.07, 6.45) is 0. The molecule has 0 aliphatic carbocycles. The molecule has 0 N–H and O–H groups in total. The van der Waals surface area contributed by atoms with Gasteiger partial charge in [-0.1, -0.05) is 23.7 Å². The number of benzene rings is 2. The molecule has 0 bridgehead atoms. The SMILES string of the molecule is O=C1CS(=O)(=O)[C@H](c2ccc(F)cc2)N1c1ccc(Cl)cc1. The Morgan fingerprint density at radius 2 is 1.64 bits per heavy atom. The lowest BCUT2D eigenvalue weighted by Gasteiger charge is -2.23. The van der Waals surface area contributed by atoms with Crippen LogP contribution in [0.2, 0.25) is 5.02 Å². The standard InChI is InChI=1S/C15H11ClFNO3S/c16-11-3-7-13(8-4-11)18-14(19)9-22(20,21)15(18)10-1-5-12(17)6-2-10/h1-8,15H,9H2/t15-/m1/s1. The van der Waals surface area contributed by atoms with Crippen LogP contribution in [-0.4, -0.2) is 20.1 Å². The Morgan fingerprint density at radius 1 is 1.05 bits per heavy atom. The third kappa shape index (κ3) is 2.60. The summed E-state index contributed by atoms with van der Waals surface area (Å²) < 4.78 is 37.7. The zero-order valence-electron chi connectivity index (χ0n) is 11.2. The van der Waals surface area contributed by atoms with Crippen molar-refractivity contribution in [2.45, 2.75) is 5.37 Å². The van der Waals surface area contributed by atoms with Crippen molar-refractivity contribution >= 4 is 33.0 Å². The lowest BCUT2D eigenvalue weighted by Crippen LogP contribution is -2.29. The van der Waals surface area contributed by atoms with E-state index in [1.807, 2.05) is 0 Å². The minimum absolute atomic E-state index is 0.349. The number of carbonyl (C=O) groups is 1. The highest BCUT2D eigenvalue weighted by atomic mass is 35.5. The van der Waals surface area contributed by atoms with Crippen molar-refractivity contribution in [2.24, 2.45) is 0 Å². The van der Waals surface area contributed by atoms with Crippen molar-refractivity contribution < 1.29 is 17.6 Å². The molecule has 4 nitrogen and oxygen atoms in total. The first-order chi connectivity index (χ1) is 10.4. The number of sulfone groups is 1. The smallest absolute Gasteiger partial charge is 0.243 e. The van der Waals surface area contributed by atoms with Crippen molar-refractivity contribution in [3.8, 4) is 0 Å². The van der Waals surface area contributed by atoms with Gasteiger partial charge in [0.05, 0.1) is 0 Å². The molecule has 0 aromatic heterocycles. The number of rotatable bonds is 2. The van der Waals surface area contributed by atoms with Crippen LogP contribution >= 0.6 is 11.6 Å². The quantitative estimate of drug-likeness (QED) is 0.845. The van der Waals surface area contributed by atoms with E-state index in [2.05, 4.69) is 0 Å². The Morgan fingerprint density at radius 3 is 2.23 bits per heavy atom. The second-order valence-corrected chi connectivity index (χ2v) is 7.45. The lowest BCUT2D eigenvalue weighted by atomic mass is 10.2. The van der Waals surface area contributed by atoms with Crippen molar-refractivity contribution in [1.82, 2.24) is 0 Å². The van der Waals surface area contributed by atoms with E-state index >= 15 is 0 Å². The number of nitrogens with zero attached hydrogens (tertiary/aromatic N) is 1. The number of hydrogen-bond acceptors (Lipinski definition) is 3. The fourth-order valence-corrected chi connectivity index (χ4v) is 4.38. The maximum absolute atomic E-state index is 13.1. The molecule has 2 aromatic rings. The number of hydrogen-bond donors (Lipinski definition) is 0. The lowest BCUT2D eigenvalue weighted by molar-refractivity contribution is -0.115. The first kappa shape index (κ1) is 15.0. The minimum Gasteiger partial charge on any atom is -0.290 e. The van der Waals surface area contributed by atoms with Gasteiger partial charge in [0.25, 0.3) is 0 Å². The van der Waals surface area contributed by atoms with Gasteiger partial charge in [-0.15, -0.1) is 0 Å². The van der Waals surface area contributed by atoms with E-state index in [0.29, 0.717) is 16.3 Å². The second-order valence-electron chi connectivity index (χ2n) is 4.95. The van der Waals surface area contributed by atoms with Crippen molar-refractivity contribution in [3.63, 3.8) is 0 Å². The van der Waals surface area contributed by atoms with Crippen LogP contribution in [0.3, 0.4) is 0 Å². The van der Waals surface area contributed by atoms with E-state index in [9.17, 15) is 17.6 Å². The molecule has 1 saturated heterocycles. The van der Waals surface area contributed by atoms with Crippen LogP contribution in [0.25, 0.3) is 0 Å². The molecule has 1 fully saturated rings. The molecule has 1 amide bonds. The van der Waals surface area contributed by atoms with Gasteiger partial charge < -0.3 is 0 Å². The van der Waals surface area contributed by atoms with E-state index in [1.165, 1.54) is 29.2 Å². The Kier molecular flexibility index (Phi) is 3.66. The molecule has 114 valence electrons. The molecule has 0 spiro atoms. The molecule has 1 heterocycles. The molecule has 0 radical (unpaired) electrons. The summed E-state index contributed by atoms with van der Waals surface area (Å²) >= 11 is 5.82. The molecular weight excluding hydrogens is 329 g/mol. The molecule has 1 aliphatic rings. The normalized spacial score (nSPS) is 20.4. The largest absolute Gasteiger partial charge is 0.290 e. The third-order valence-electron chi connectivity index (χ3n) is 3.43. The highest BCUT2D eigenvalue weighted by Gasteiger charge is 2.45. The second kappa shape index (κ2) is 5.37. The third-order valence-corrected chi connectivity index (χ3v) is 5.49. The average Bonchev–Trinajstić information content (AvgIpc) is 2.70. The number of carbonyl (C=O) groups excluding carboxylic acids is 1. The van der Waals surface area contributed by atoms with E-state index in [-0.39, 0.29) is 0 Å². The van der Waals surface area contributed by atoms with Gasteiger partial charge >= 0.3 is 0 Å². The first-order valence-corrected chi connectivity index (χ1v) is 8.52. The maximum atomic E-state index is 13.1. The molecular formula is C15H11ClFNO3S. The molecule has 1 aliphatic heterocycles. The summed E-state index contributed by atoms with van der Waals surface area (Å²) in [6.45, 7) is 0. The van der Waals surface area contributed by atoms with Gasteiger partial charge in [0.1, 0.15) is 11.6 Å². The van der Waals surface area contributed by atoms with Crippen molar-refractivity contribution in [2.75, 3.05) is 10.7 Å². The Balaban J connectivity index is 2.12. The average molecular weight is 340 g/mol. The number of halogens is 2. The maximum Gasteiger partial charge on any atom is 0.243 e. The fraction of sp³-hybridized carbons (Fsp3) is 0.133. The molecule has 1 atom stereocenters. The summed E-state index contributed by atoms with van der Waals surface area (Å²) in [5.41, 5.74) is 0.784. The van der Waals surface area contributed by atoms with Crippen LogP contribution < -0.4 is 4.90 Å². The van der Waals surface area contributed by atoms with Crippen molar-refractivity contribution in [3.05, 3.63) is 64.9 Å². The monoisotopic (exact) mass is 339 g/mol. The van der Waals surface area contributed by atoms with E-state index in [0.717, 1.165) is 0 Å². The minimum atomic E-state index is -3.69. The highest BCUT2D eigenvalue weighted by Crippen LogP contribution is 2.37. The van der Waals surface area contributed by atoms with Gasteiger partial charge in [-0.2, -0.15) is 0 Å². The molecule has 3 rings (SSSR count). The molecule has 0 saturated carbocycles. The van der Waals surface area contributed by atoms with Crippen LogP contribution in [0.1, 0.15) is 10.9 Å². The summed E-state index contributed by atoms with van der Waals surface area (Å²) in [4.78, 5) is 13.4. The number of amides is 1. The van der Waals surface area contributed by atoms with E-state index in [4.69, 9.17) is 11.6 Å². The van der Waals surface area contributed by atoms with Crippen LogP contribution in [-0.2, 0) is 14.6 Å². The topological polar surface area (TPSA) is 54.5 Å². The predicted molar refractivity (Wildman–Crippen MR) is 81.9 cm³/mol. The van der Waals surface area contributed by atoms with Crippen molar-refractivity contribution in [1.29, 1.82) is 0 Å². The van der Waals surface area contributed by atoms with Gasteiger partial charge in [-0.3, -0.25) is 9.69 Å². The Hall–Kier alpha value is -1.92. The Bertz CT molecular complexity index is 819.